The third-order valence-corrected chi connectivity index (χ3v) is 3.87. The SMILES string of the molecule is CC(C)C(=O)NCCc1csc2ccc(O)cc12. The lowest BCUT2D eigenvalue weighted by molar-refractivity contribution is -0.123. The van der Waals surface area contributed by atoms with Crippen LogP contribution in [0.3, 0.4) is 0 Å². The van der Waals surface area contributed by atoms with Crippen LogP contribution in [0.4, 0.5) is 0 Å². The number of hydrogen-bond donors (Lipinski definition) is 2. The van der Waals surface area contributed by atoms with Gasteiger partial charge < -0.3 is 10.4 Å². The normalized spacial score (nSPS) is 11.1. The van der Waals surface area contributed by atoms with E-state index in [4.69, 9.17) is 0 Å². The maximum Gasteiger partial charge on any atom is 0.222 e. The predicted octanol–water partition coefficient (Wildman–Crippen LogP) is 2.92. The number of benzene rings is 1. The van der Waals surface area contributed by atoms with Gasteiger partial charge in [-0.1, -0.05) is 13.8 Å². The minimum Gasteiger partial charge on any atom is -0.508 e. The first-order valence-corrected chi connectivity index (χ1v) is 6.92. The van der Waals surface area contributed by atoms with Crippen molar-refractivity contribution in [2.24, 2.45) is 5.92 Å². The molecule has 0 spiro atoms. The van der Waals surface area contributed by atoms with Crippen molar-refractivity contribution in [3.63, 3.8) is 0 Å². The quantitative estimate of drug-likeness (QED) is 0.891. The molecule has 2 aromatic rings. The van der Waals surface area contributed by atoms with Gasteiger partial charge in [0.15, 0.2) is 0 Å². The first-order chi connectivity index (χ1) is 8.58. The highest BCUT2D eigenvalue weighted by Gasteiger charge is 2.08. The van der Waals surface area contributed by atoms with Crippen molar-refractivity contribution in [2.75, 3.05) is 6.54 Å². The van der Waals surface area contributed by atoms with Crippen LogP contribution in [-0.2, 0) is 11.2 Å². The molecule has 1 aromatic carbocycles. The van der Waals surface area contributed by atoms with Gasteiger partial charge >= 0.3 is 0 Å². The molecule has 2 rings (SSSR count). The van der Waals surface area contributed by atoms with Crippen molar-refractivity contribution in [3.05, 3.63) is 29.1 Å². The van der Waals surface area contributed by atoms with Crippen LogP contribution in [0.25, 0.3) is 10.1 Å². The second kappa shape index (κ2) is 5.40. The fourth-order valence-electron chi connectivity index (χ4n) is 1.79. The lowest BCUT2D eigenvalue weighted by atomic mass is 10.1. The Morgan fingerprint density at radius 3 is 2.94 bits per heavy atom. The summed E-state index contributed by atoms with van der Waals surface area (Å²) >= 11 is 1.66. The first kappa shape index (κ1) is 12.9. The Morgan fingerprint density at radius 1 is 1.44 bits per heavy atom. The van der Waals surface area contributed by atoms with Gasteiger partial charge in [-0.25, -0.2) is 0 Å². The van der Waals surface area contributed by atoms with E-state index in [0.717, 1.165) is 16.5 Å². The van der Waals surface area contributed by atoms with Crippen molar-refractivity contribution < 1.29 is 9.90 Å². The summed E-state index contributed by atoms with van der Waals surface area (Å²) in [6, 6.07) is 5.40. The Morgan fingerprint density at radius 2 is 2.22 bits per heavy atom. The number of aromatic hydroxyl groups is 1. The van der Waals surface area contributed by atoms with Crippen LogP contribution in [0, 0.1) is 5.92 Å². The molecule has 3 nitrogen and oxygen atoms in total. The Kier molecular flexibility index (Phi) is 3.87. The number of carbonyl (C=O) groups is 1. The van der Waals surface area contributed by atoms with Gasteiger partial charge in [-0.05, 0) is 40.9 Å². The van der Waals surface area contributed by atoms with E-state index in [1.807, 2.05) is 19.9 Å². The molecule has 0 aliphatic carbocycles. The van der Waals surface area contributed by atoms with Crippen LogP contribution in [0.1, 0.15) is 19.4 Å². The Hall–Kier alpha value is -1.55. The molecule has 1 aromatic heterocycles. The Bertz CT molecular complexity index is 560. The molecule has 0 saturated carbocycles. The van der Waals surface area contributed by atoms with Gasteiger partial charge in [-0.15, -0.1) is 11.3 Å². The number of phenolic OH excluding ortho intramolecular Hbond substituents is 1. The summed E-state index contributed by atoms with van der Waals surface area (Å²) in [6.45, 7) is 4.40. The van der Waals surface area contributed by atoms with E-state index in [9.17, 15) is 9.90 Å². The van der Waals surface area contributed by atoms with Gasteiger partial charge in [0.25, 0.3) is 0 Å². The van der Waals surface area contributed by atoms with Gasteiger partial charge in [-0.2, -0.15) is 0 Å². The third kappa shape index (κ3) is 2.82. The number of fused-ring (bicyclic) bond motifs is 1. The molecular weight excluding hydrogens is 246 g/mol. The zero-order valence-corrected chi connectivity index (χ0v) is 11.4. The highest BCUT2D eigenvalue weighted by molar-refractivity contribution is 7.17. The molecule has 4 heteroatoms. The summed E-state index contributed by atoms with van der Waals surface area (Å²) in [6.07, 6.45) is 0.794. The maximum atomic E-state index is 11.4. The Balaban J connectivity index is 2.04. The standard InChI is InChI=1S/C14H17NO2S/c1-9(2)14(17)15-6-5-10-8-18-13-4-3-11(16)7-12(10)13/h3-4,7-9,16H,5-6H2,1-2H3,(H,15,17). The minimum absolute atomic E-state index is 0.0215. The number of nitrogens with one attached hydrogen (secondary N) is 1. The molecule has 96 valence electrons. The summed E-state index contributed by atoms with van der Waals surface area (Å²) in [4.78, 5) is 11.4. The van der Waals surface area contributed by atoms with Crippen molar-refractivity contribution in [1.82, 2.24) is 5.32 Å². The lowest BCUT2D eigenvalue weighted by Gasteiger charge is -2.07. The zero-order valence-electron chi connectivity index (χ0n) is 10.6. The largest absolute Gasteiger partial charge is 0.508 e. The molecule has 0 radical (unpaired) electrons. The monoisotopic (exact) mass is 263 g/mol. The number of phenols is 1. The van der Waals surface area contributed by atoms with E-state index < -0.39 is 0 Å². The van der Waals surface area contributed by atoms with E-state index in [1.54, 1.807) is 23.5 Å². The number of thiophene rings is 1. The van der Waals surface area contributed by atoms with Crippen LogP contribution >= 0.6 is 11.3 Å². The second-order valence-corrected chi connectivity index (χ2v) is 5.55. The summed E-state index contributed by atoms with van der Waals surface area (Å²) in [5.41, 5.74) is 1.18. The molecule has 0 bridgehead atoms. The molecule has 0 atom stereocenters. The summed E-state index contributed by atoms with van der Waals surface area (Å²) in [7, 11) is 0. The fraction of sp³-hybridized carbons (Fsp3) is 0.357. The third-order valence-electron chi connectivity index (χ3n) is 2.86. The van der Waals surface area contributed by atoms with E-state index in [1.165, 1.54) is 5.56 Å². The first-order valence-electron chi connectivity index (χ1n) is 6.04. The lowest BCUT2D eigenvalue weighted by Crippen LogP contribution is -2.29. The highest BCUT2D eigenvalue weighted by Crippen LogP contribution is 2.29. The molecule has 0 unspecified atom stereocenters. The minimum atomic E-state index is 0.0215. The molecular formula is C14H17NO2S. The number of rotatable bonds is 4. The van der Waals surface area contributed by atoms with E-state index >= 15 is 0 Å². The molecule has 0 saturated heterocycles. The summed E-state index contributed by atoms with van der Waals surface area (Å²) in [5, 5.41) is 15.6. The summed E-state index contributed by atoms with van der Waals surface area (Å²) < 4.78 is 1.16. The number of amides is 1. The molecule has 2 N–H and O–H groups in total. The molecule has 1 heterocycles. The molecule has 1 amide bonds. The summed E-state index contributed by atoms with van der Waals surface area (Å²) in [5.74, 6) is 0.388. The van der Waals surface area contributed by atoms with Gasteiger partial charge in [0.05, 0.1) is 0 Å². The number of carbonyl (C=O) groups excluding carboxylic acids is 1. The van der Waals surface area contributed by atoms with Crippen LogP contribution in [0.2, 0.25) is 0 Å². The van der Waals surface area contributed by atoms with Crippen LogP contribution in [0.5, 0.6) is 5.75 Å². The average molecular weight is 263 g/mol. The van der Waals surface area contributed by atoms with Crippen molar-refractivity contribution in [1.29, 1.82) is 0 Å². The second-order valence-electron chi connectivity index (χ2n) is 4.64. The van der Waals surface area contributed by atoms with Gasteiger partial charge in [-0.3, -0.25) is 4.79 Å². The molecule has 0 fully saturated rings. The molecule has 0 aliphatic heterocycles. The van der Waals surface area contributed by atoms with E-state index in [2.05, 4.69) is 10.7 Å². The van der Waals surface area contributed by atoms with Crippen LogP contribution in [0.15, 0.2) is 23.6 Å². The number of hydrogen-bond acceptors (Lipinski definition) is 3. The van der Waals surface area contributed by atoms with Crippen molar-refractivity contribution in [3.8, 4) is 5.75 Å². The van der Waals surface area contributed by atoms with E-state index in [-0.39, 0.29) is 17.6 Å². The maximum absolute atomic E-state index is 11.4. The van der Waals surface area contributed by atoms with Crippen molar-refractivity contribution >= 4 is 27.3 Å². The average Bonchev–Trinajstić information content (AvgIpc) is 2.71. The van der Waals surface area contributed by atoms with Gasteiger partial charge in [0.1, 0.15) is 5.75 Å². The van der Waals surface area contributed by atoms with E-state index in [0.29, 0.717) is 6.54 Å². The van der Waals surface area contributed by atoms with Gasteiger partial charge in [0, 0.05) is 17.2 Å². The predicted molar refractivity (Wildman–Crippen MR) is 75.0 cm³/mol. The zero-order chi connectivity index (χ0) is 13.1. The van der Waals surface area contributed by atoms with Gasteiger partial charge in [0.2, 0.25) is 5.91 Å². The van der Waals surface area contributed by atoms with Crippen LogP contribution in [-0.4, -0.2) is 17.6 Å². The molecule has 0 aliphatic rings. The van der Waals surface area contributed by atoms with Crippen LogP contribution < -0.4 is 5.32 Å². The smallest absolute Gasteiger partial charge is 0.222 e. The Labute approximate surface area is 110 Å². The molecule has 18 heavy (non-hydrogen) atoms. The fourth-order valence-corrected chi connectivity index (χ4v) is 2.77. The van der Waals surface area contributed by atoms with Crippen molar-refractivity contribution in [2.45, 2.75) is 20.3 Å². The topological polar surface area (TPSA) is 49.3 Å². The highest BCUT2D eigenvalue weighted by atomic mass is 32.1.